The van der Waals surface area contributed by atoms with Crippen LogP contribution in [0.3, 0.4) is 0 Å². The number of benzene rings is 2. The molecule has 0 aliphatic rings. The van der Waals surface area contributed by atoms with Gasteiger partial charge >= 0.3 is 0 Å². The first-order valence-corrected chi connectivity index (χ1v) is 12.4. The highest BCUT2D eigenvalue weighted by Gasteiger charge is 2.14. The molecule has 0 saturated carbocycles. The van der Waals surface area contributed by atoms with Crippen molar-refractivity contribution in [2.45, 2.75) is 11.9 Å². The summed E-state index contributed by atoms with van der Waals surface area (Å²) in [5.74, 6) is 1.98. The van der Waals surface area contributed by atoms with Crippen LogP contribution in [0.25, 0.3) is 21.1 Å². The summed E-state index contributed by atoms with van der Waals surface area (Å²) in [6, 6.07) is 16.8. The summed E-state index contributed by atoms with van der Waals surface area (Å²) in [5.41, 5.74) is 3.20. The predicted molar refractivity (Wildman–Crippen MR) is 139 cm³/mol. The largest absolute Gasteiger partial charge is 0.497 e. The fraction of sp³-hybridized carbons (Fsp3) is 0.200. The van der Waals surface area contributed by atoms with Gasteiger partial charge in [-0.2, -0.15) is 0 Å². The number of aromatic nitrogens is 3. The molecule has 0 unspecified atom stereocenters. The third kappa shape index (κ3) is 5.90. The van der Waals surface area contributed by atoms with Gasteiger partial charge < -0.3 is 19.5 Å². The summed E-state index contributed by atoms with van der Waals surface area (Å²) in [6.45, 7) is 1.96. The number of thiazole rings is 1. The van der Waals surface area contributed by atoms with E-state index >= 15 is 0 Å². The van der Waals surface area contributed by atoms with Gasteiger partial charge in [-0.25, -0.2) is 4.98 Å². The second kappa shape index (κ2) is 11.2. The zero-order valence-electron chi connectivity index (χ0n) is 19.7. The van der Waals surface area contributed by atoms with Crippen LogP contribution in [0.1, 0.15) is 5.69 Å². The van der Waals surface area contributed by atoms with Gasteiger partial charge in [-0.1, -0.05) is 11.8 Å². The number of anilines is 1. The highest BCUT2D eigenvalue weighted by Crippen LogP contribution is 2.35. The number of thioether (sulfide) groups is 1. The van der Waals surface area contributed by atoms with Crippen molar-refractivity contribution >= 4 is 34.7 Å². The maximum absolute atomic E-state index is 12.5. The lowest BCUT2D eigenvalue weighted by atomic mass is 10.2. The van der Waals surface area contributed by atoms with Gasteiger partial charge in [0.05, 0.1) is 43.3 Å². The summed E-state index contributed by atoms with van der Waals surface area (Å²) < 4.78 is 15.7. The van der Waals surface area contributed by atoms with E-state index in [9.17, 15) is 4.79 Å². The van der Waals surface area contributed by atoms with Crippen LogP contribution in [0, 0.1) is 6.92 Å². The zero-order chi connectivity index (χ0) is 24.8. The average Bonchev–Trinajstić information content (AvgIpc) is 3.29. The third-order valence-corrected chi connectivity index (χ3v) is 7.19. The molecule has 180 valence electrons. The molecule has 35 heavy (non-hydrogen) atoms. The molecule has 4 rings (SSSR count). The molecule has 0 radical (unpaired) electrons. The third-order valence-electron chi connectivity index (χ3n) is 5.04. The second-order valence-corrected chi connectivity index (χ2v) is 9.32. The van der Waals surface area contributed by atoms with Gasteiger partial charge in [0.15, 0.2) is 0 Å². The van der Waals surface area contributed by atoms with E-state index in [-0.39, 0.29) is 11.7 Å². The highest BCUT2D eigenvalue weighted by molar-refractivity contribution is 7.99. The Kier molecular flexibility index (Phi) is 7.84. The first kappa shape index (κ1) is 24.5. The van der Waals surface area contributed by atoms with E-state index in [1.807, 2.05) is 43.3 Å². The van der Waals surface area contributed by atoms with Crippen molar-refractivity contribution in [3.8, 4) is 38.4 Å². The Morgan fingerprint density at radius 1 is 0.943 bits per heavy atom. The monoisotopic (exact) mass is 508 g/mol. The maximum atomic E-state index is 12.5. The molecule has 4 aromatic rings. The maximum Gasteiger partial charge on any atom is 0.234 e. The quantitative estimate of drug-likeness (QED) is 0.303. The summed E-state index contributed by atoms with van der Waals surface area (Å²) >= 11 is 2.87. The number of nitrogens with one attached hydrogen (secondary N) is 1. The SMILES string of the molecule is COc1ccc(-c2nc(C)c(-c3ccc(SCC(=O)Nc4cc(OC)ccc4OC)nn3)s2)cc1. The molecule has 8 nitrogen and oxygen atoms in total. The molecule has 0 aliphatic carbocycles. The van der Waals surface area contributed by atoms with Crippen molar-refractivity contribution in [2.75, 3.05) is 32.4 Å². The van der Waals surface area contributed by atoms with Crippen molar-refractivity contribution < 1.29 is 19.0 Å². The molecule has 0 spiro atoms. The van der Waals surface area contributed by atoms with Crippen LogP contribution in [-0.4, -0.2) is 48.2 Å². The number of methoxy groups -OCH3 is 3. The number of amides is 1. The first-order valence-electron chi connectivity index (χ1n) is 10.6. The minimum Gasteiger partial charge on any atom is -0.497 e. The zero-order valence-corrected chi connectivity index (χ0v) is 21.3. The lowest BCUT2D eigenvalue weighted by Gasteiger charge is -2.11. The molecule has 2 aromatic heterocycles. The summed E-state index contributed by atoms with van der Waals surface area (Å²) in [6.07, 6.45) is 0. The van der Waals surface area contributed by atoms with Crippen LogP contribution in [0.5, 0.6) is 17.2 Å². The molecule has 0 aliphatic heterocycles. The lowest BCUT2D eigenvalue weighted by Crippen LogP contribution is -2.15. The number of hydrogen-bond acceptors (Lipinski definition) is 9. The second-order valence-electron chi connectivity index (χ2n) is 7.32. The predicted octanol–water partition coefficient (Wildman–Crippen LogP) is 5.33. The van der Waals surface area contributed by atoms with E-state index in [2.05, 4.69) is 15.5 Å². The molecule has 0 fully saturated rings. The topological polar surface area (TPSA) is 95.5 Å². The normalized spacial score (nSPS) is 10.6. The molecule has 0 saturated heterocycles. The van der Waals surface area contributed by atoms with Crippen LogP contribution in [0.2, 0.25) is 0 Å². The van der Waals surface area contributed by atoms with Gasteiger partial charge in [0.2, 0.25) is 5.91 Å². The lowest BCUT2D eigenvalue weighted by molar-refractivity contribution is -0.113. The molecular formula is C25H24N4O4S2. The molecule has 2 heterocycles. The van der Waals surface area contributed by atoms with E-state index in [4.69, 9.17) is 19.2 Å². The number of nitrogens with zero attached hydrogens (tertiary/aromatic N) is 3. The van der Waals surface area contributed by atoms with E-state index < -0.39 is 0 Å². The van der Waals surface area contributed by atoms with Crippen molar-refractivity contribution in [3.05, 3.63) is 60.3 Å². The van der Waals surface area contributed by atoms with Gasteiger partial charge in [-0.15, -0.1) is 21.5 Å². The number of carbonyl (C=O) groups excluding carboxylic acids is 1. The summed E-state index contributed by atoms with van der Waals surface area (Å²) in [7, 11) is 4.76. The van der Waals surface area contributed by atoms with Crippen molar-refractivity contribution in [1.29, 1.82) is 0 Å². The Morgan fingerprint density at radius 2 is 1.69 bits per heavy atom. The fourth-order valence-corrected chi connectivity index (χ4v) is 4.90. The molecule has 0 atom stereocenters. The van der Waals surface area contributed by atoms with Crippen LogP contribution >= 0.6 is 23.1 Å². The van der Waals surface area contributed by atoms with Gasteiger partial charge in [0.1, 0.15) is 33.0 Å². The Bertz CT molecular complexity index is 1310. The number of aryl methyl sites for hydroxylation is 1. The number of hydrogen-bond donors (Lipinski definition) is 1. The summed E-state index contributed by atoms with van der Waals surface area (Å²) in [4.78, 5) is 18.1. The molecule has 1 amide bonds. The van der Waals surface area contributed by atoms with Crippen LogP contribution < -0.4 is 19.5 Å². The Morgan fingerprint density at radius 3 is 2.34 bits per heavy atom. The van der Waals surface area contributed by atoms with Crippen LogP contribution in [-0.2, 0) is 4.79 Å². The molecular weight excluding hydrogens is 484 g/mol. The standard InChI is InChI=1S/C25H24N4O4S2/c1-15-24(35-25(26-15)16-5-7-17(31-2)8-6-16)19-10-12-23(29-28-19)34-14-22(30)27-20-13-18(32-3)9-11-21(20)33-4/h5-13H,14H2,1-4H3,(H,27,30). The molecule has 1 N–H and O–H groups in total. The van der Waals surface area contributed by atoms with E-state index in [1.165, 1.54) is 11.8 Å². The minimum atomic E-state index is -0.185. The molecule has 0 bridgehead atoms. The van der Waals surface area contributed by atoms with Crippen molar-refractivity contribution in [3.63, 3.8) is 0 Å². The summed E-state index contributed by atoms with van der Waals surface area (Å²) in [5, 5.41) is 13.1. The van der Waals surface area contributed by atoms with Gasteiger partial charge in [-0.3, -0.25) is 4.79 Å². The van der Waals surface area contributed by atoms with E-state index in [0.717, 1.165) is 32.6 Å². The number of ether oxygens (including phenoxy) is 3. The van der Waals surface area contributed by atoms with Crippen LogP contribution in [0.4, 0.5) is 5.69 Å². The number of carbonyl (C=O) groups is 1. The van der Waals surface area contributed by atoms with E-state index in [1.54, 1.807) is 50.9 Å². The minimum absolute atomic E-state index is 0.176. The van der Waals surface area contributed by atoms with Gasteiger partial charge in [0.25, 0.3) is 0 Å². The van der Waals surface area contributed by atoms with Gasteiger partial charge in [0, 0.05) is 11.6 Å². The van der Waals surface area contributed by atoms with Crippen molar-refractivity contribution in [1.82, 2.24) is 15.2 Å². The van der Waals surface area contributed by atoms with Crippen LogP contribution in [0.15, 0.2) is 59.6 Å². The highest BCUT2D eigenvalue weighted by atomic mass is 32.2. The Labute approximate surface area is 211 Å². The van der Waals surface area contributed by atoms with Crippen molar-refractivity contribution in [2.24, 2.45) is 0 Å². The Balaban J connectivity index is 1.40. The average molecular weight is 509 g/mol. The molecule has 2 aromatic carbocycles. The van der Waals surface area contributed by atoms with Gasteiger partial charge in [-0.05, 0) is 55.5 Å². The Hall–Kier alpha value is -3.63. The fourth-order valence-electron chi connectivity index (χ4n) is 3.25. The van der Waals surface area contributed by atoms with E-state index in [0.29, 0.717) is 22.2 Å². The molecule has 10 heteroatoms. The first-order chi connectivity index (χ1) is 17.0. The number of rotatable bonds is 9. The smallest absolute Gasteiger partial charge is 0.234 e.